The van der Waals surface area contributed by atoms with Crippen LogP contribution in [0.4, 0.5) is 5.69 Å². The van der Waals surface area contributed by atoms with E-state index >= 15 is 0 Å². The van der Waals surface area contributed by atoms with Crippen LogP contribution in [-0.4, -0.2) is 11.6 Å². The molecule has 33 heavy (non-hydrogen) atoms. The molecule has 0 unspecified atom stereocenters. The van der Waals surface area contributed by atoms with Crippen molar-refractivity contribution in [2.75, 3.05) is 11.9 Å². The summed E-state index contributed by atoms with van der Waals surface area (Å²) in [5.74, 6) is 0. The molecule has 0 saturated heterocycles. The van der Waals surface area contributed by atoms with Gasteiger partial charge in [0.2, 0.25) is 0 Å². The van der Waals surface area contributed by atoms with Crippen LogP contribution < -0.4 is 36.6 Å². The molecule has 2 aromatic carbocycles. The third-order valence-corrected chi connectivity index (χ3v) is 8.65. The Bertz CT molecular complexity index is 1470. The van der Waals surface area contributed by atoms with Gasteiger partial charge in [0.1, 0.15) is 14.2 Å². The fraction of sp³-hybridized carbons (Fsp3) is 0.120. The van der Waals surface area contributed by atoms with Crippen molar-refractivity contribution >= 4 is 51.2 Å². The molecule has 0 spiro atoms. The Balaban J connectivity index is 0.00000259. The summed E-state index contributed by atoms with van der Waals surface area (Å²) < 4.78 is 5.76. The second-order valence-corrected chi connectivity index (χ2v) is 10.4. The number of allylic oxidation sites excluding steroid dienone is 1. The summed E-state index contributed by atoms with van der Waals surface area (Å²) in [6, 6.07) is 18.7. The number of hydrogen-bond donors (Lipinski definition) is 0. The molecule has 1 aliphatic heterocycles. The second-order valence-electron chi connectivity index (χ2n) is 7.41. The molecule has 3 heterocycles. The number of thiazole rings is 2. The van der Waals surface area contributed by atoms with E-state index in [1.807, 2.05) is 29.8 Å². The Morgan fingerprint density at radius 2 is 1.85 bits per heavy atom. The Morgan fingerprint density at radius 3 is 2.61 bits per heavy atom. The number of benzene rings is 2. The number of thioether (sulfide) groups is 1. The number of aromatic nitrogens is 2. The highest BCUT2D eigenvalue weighted by molar-refractivity contribution is 8.08. The van der Waals surface area contributed by atoms with Crippen LogP contribution in [0, 0.1) is 0 Å². The van der Waals surface area contributed by atoms with Gasteiger partial charge in [0, 0.05) is 24.1 Å². The first-order valence-electron chi connectivity index (χ1n) is 10.2. The molecule has 0 radical (unpaired) electrons. The first kappa shape index (κ1) is 23.6. The van der Waals surface area contributed by atoms with E-state index in [-0.39, 0.29) is 18.0 Å². The van der Waals surface area contributed by atoms with Crippen LogP contribution in [0.2, 0.25) is 0 Å². The van der Waals surface area contributed by atoms with Gasteiger partial charge in [0.15, 0.2) is 12.7 Å². The minimum absolute atomic E-state index is 0. The van der Waals surface area contributed by atoms with Gasteiger partial charge < -0.3 is 17.3 Å². The molecule has 168 valence electrons. The molecule has 0 aliphatic carbocycles. The van der Waals surface area contributed by atoms with E-state index in [0.717, 1.165) is 31.5 Å². The van der Waals surface area contributed by atoms with Crippen molar-refractivity contribution in [2.45, 2.75) is 18.0 Å². The van der Waals surface area contributed by atoms with Gasteiger partial charge in [0.25, 0.3) is 10.6 Å². The van der Waals surface area contributed by atoms with Crippen molar-refractivity contribution in [3.8, 4) is 0 Å². The van der Waals surface area contributed by atoms with Gasteiger partial charge in [0.05, 0.1) is 17.1 Å². The Morgan fingerprint density at radius 1 is 1.09 bits per heavy atom. The van der Waals surface area contributed by atoms with Crippen molar-refractivity contribution in [3.05, 3.63) is 109 Å². The molecular formula is C25H22ClN3OS3. The summed E-state index contributed by atoms with van der Waals surface area (Å²) in [4.78, 5) is 16.7. The van der Waals surface area contributed by atoms with Crippen LogP contribution in [0.1, 0.15) is 10.6 Å². The maximum absolute atomic E-state index is 13.4. The van der Waals surface area contributed by atoms with E-state index in [1.165, 1.54) is 10.5 Å². The quantitative estimate of drug-likeness (QED) is 0.291. The third-order valence-electron chi connectivity index (χ3n) is 5.31. The molecule has 4 nitrogen and oxygen atoms in total. The summed E-state index contributed by atoms with van der Waals surface area (Å²) >= 11 is 4.89. The molecule has 0 bridgehead atoms. The average molecular weight is 512 g/mol. The van der Waals surface area contributed by atoms with Crippen molar-refractivity contribution < 1.29 is 17.0 Å². The van der Waals surface area contributed by atoms with Crippen molar-refractivity contribution in [1.29, 1.82) is 0 Å². The van der Waals surface area contributed by atoms with E-state index < -0.39 is 0 Å². The summed E-state index contributed by atoms with van der Waals surface area (Å²) in [6.07, 6.45) is 6.01. The van der Waals surface area contributed by atoms with Gasteiger partial charge >= 0.3 is 0 Å². The first-order valence-corrected chi connectivity index (χ1v) is 12.7. The lowest BCUT2D eigenvalue weighted by atomic mass is 10.2. The van der Waals surface area contributed by atoms with E-state index in [0.29, 0.717) is 6.54 Å². The molecule has 0 amide bonds. The maximum Gasteiger partial charge on any atom is 0.272 e. The Hall–Kier alpha value is -2.58. The summed E-state index contributed by atoms with van der Waals surface area (Å²) in [7, 11) is 2.03. The SMILES string of the molecule is C=CCn1c(=O)/c(=C2\Sc3ccccc3N2C)s/c1=C\c1scc[n+]1Cc1ccccc1.[Cl-]. The number of rotatable bonds is 5. The number of fused-ring (bicyclic) bond motifs is 1. The van der Waals surface area contributed by atoms with Crippen LogP contribution in [0.25, 0.3) is 11.1 Å². The van der Waals surface area contributed by atoms with Gasteiger partial charge in [-0.05, 0) is 12.1 Å². The van der Waals surface area contributed by atoms with Gasteiger partial charge in [-0.2, -0.15) is 4.57 Å². The molecule has 0 N–H and O–H groups in total. The molecule has 5 rings (SSSR count). The van der Waals surface area contributed by atoms with E-state index in [4.69, 9.17) is 0 Å². The fourth-order valence-corrected chi connectivity index (χ4v) is 6.98. The normalized spacial score (nSPS) is 14.8. The minimum Gasteiger partial charge on any atom is -1.00 e. The highest BCUT2D eigenvalue weighted by Gasteiger charge is 2.24. The number of nitrogens with zero attached hydrogens (tertiary/aromatic N) is 3. The highest BCUT2D eigenvalue weighted by atomic mass is 35.5. The van der Waals surface area contributed by atoms with Crippen molar-refractivity contribution in [1.82, 2.24) is 4.57 Å². The average Bonchev–Trinajstić information content (AvgIpc) is 3.47. The van der Waals surface area contributed by atoms with Gasteiger partial charge in [-0.3, -0.25) is 9.36 Å². The number of hydrogen-bond acceptors (Lipinski definition) is 5. The molecule has 2 aromatic heterocycles. The largest absolute Gasteiger partial charge is 1.00 e. The maximum atomic E-state index is 13.4. The molecule has 0 fully saturated rings. The smallest absolute Gasteiger partial charge is 0.272 e. The standard InChI is InChI=1S/C25H22N3OS3.ClH/c1-3-13-28-22(16-21-27(14-15-30-21)17-18-9-5-4-6-10-18)32-23(24(28)29)25-26(2)19-11-7-8-12-20(19)31-25;/h3-12,14-16H,1,13,17H2,2H3;1H/q+1;/p-1/b25-23+;. The highest BCUT2D eigenvalue weighted by Crippen LogP contribution is 2.44. The molecule has 8 heteroatoms. The Labute approximate surface area is 210 Å². The van der Waals surface area contributed by atoms with Crippen LogP contribution in [-0.2, 0) is 13.1 Å². The number of para-hydroxylation sites is 1. The van der Waals surface area contributed by atoms with E-state index in [2.05, 4.69) is 70.1 Å². The number of halogens is 1. The molecule has 4 aromatic rings. The zero-order chi connectivity index (χ0) is 22.1. The van der Waals surface area contributed by atoms with E-state index in [9.17, 15) is 4.79 Å². The summed E-state index contributed by atoms with van der Waals surface area (Å²) in [5.41, 5.74) is 2.42. The first-order chi connectivity index (χ1) is 15.7. The number of anilines is 1. The van der Waals surface area contributed by atoms with E-state index in [1.54, 1.807) is 40.5 Å². The fourth-order valence-electron chi connectivity index (χ4n) is 3.72. The van der Waals surface area contributed by atoms with Crippen LogP contribution in [0.3, 0.4) is 0 Å². The van der Waals surface area contributed by atoms with Crippen LogP contribution in [0.5, 0.6) is 0 Å². The Kier molecular flexibility index (Phi) is 7.24. The third kappa shape index (κ3) is 4.59. The predicted octanol–water partition coefficient (Wildman–Crippen LogP) is 0.634. The summed E-state index contributed by atoms with van der Waals surface area (Å²) in [5, 5.41) is 4.19. The monoisotopic (exact) mass is 511 g/mol. The second kappa shape index (κ2) is 10.1. The molecule has 1 aliphatic rings. The molecular weight excluding hydrogens is 490 g/mol. The van der Waals surface area contributed by atoms with Gasteiger partial charge in [-0.1, -0.05) is 71.6 Å². The minimum atomic E-state index is 0. The lowest BCUT2D eigenvalue weighted by Crippen LogP contribution is -3.00. The van der Waals surface area contributed by atoms with Gasteiger partial charge in [-0.15, -0.1) is 17.9 Å². The lowest BCUT2D eigenvalue weighted by molar-refractivity contribution is -0.685. The summed E-state index contributed by atoms with van der Waals surface area (Å²) in [6.45, 7) is 5.15. The van der Waals surface area contributed by atoms with Crippen molar-refractivity contribution in [2.24, 2.45) is 0 Å². The molecule has 0 saturated carbocycles. The van der Waals surface area contributed by atoms with Crippen molar-refractivity contribution in [3.63, 3.8) is 0 Å². The van der Waals surface area contributed by atoms with Crippen LogP contribution >= 0.6 is 34.4 Å². The van der Waals surface area contributed by atoms with Gasteiger partial charge in [-0.25, -0.2) is 0 Å². The molecule has 0 atom stereocenters. The zero-order valence-corrected chi connectivity index (χ0v) is 21.2. The van der Waals surface area contributed by atoms with Crippen LogP contribution in [0.15, 0.2) is 88.5 Å². The zero-order valence-electron chi connectivity index (χ0n) is 18.0. The topological polar surface area (TPSA) is 29.1 Å². The lowest BCUT2D eigenvalue weighted by Gasteiger charge is -2.11. The predicted molar refractivity (Wildman–Crippen MR) is 136 cm³/mol.